The van der Waals surface area contributed by atoms with Crippen LogP contribution in [0, 0.1) is 48.5 Å². The lowest BCUT2D eigenvalue weighted by Crippen LogP contribution is -2.23. The average molecular weight is 611 g/mol. The fraction of sp³-hybridized carbons (Fsp3) is 0.234. The van der Waals surface area contributed by atoms with Crippen LogP contribution in [0.1, 0.15) is 86.2 Å². The van der Waals surface area contributed by atoms with Gasteiger partial charge in [-0.05, 0) is 118 Å². The van der Waals surface area contributed by atoms with Crippen molar-refractivity contribution in [2.75, 3.05) is 0 Å². The van der Waals surface area contributed by atoms with Gasteiger partial charge in [0.2, 0.25) is 0 Å². The molecule has 0 atom stereocenters. The standard InChI is InChI=1S/C24H24.C23H22/c1-15-6-8-20-21-9-7-16(2)14-23(21)24(5,22(20)13-15)19-11-17(3)10-18(4)12-19;1-15-6-5-7-18(12-15)23(4)21-13-16(2)8-10-19(21)20-11-9-17(3)14-22(20)23/h6-14H,1-5H3;5-14H,1-4H3. The molecule has 6 aromatic carbocycles. The summed E-state index contributed by atoms with van der Waals surface area (Å²) in [5.41, 5.74) is 23.2. The second-order valence-corrected chi connectivity index (χ2v) is 14.7. The summed E-state index contributed by atoms with van der Waals surface area (Å²) in [5, 5.41) is 0. The molecule has 0 unspecified atom stereocenters. The van der Waals surface area contributed by atoms with E-state index in [9.17, 15) is 0 Å². The lowest BCUT2D eigenvalue weighted by molar-refractivity contribution is 0.710. The van der Waals surface area contributed by atoms with Crippen molar-refractivity contribution in [2.45, 2.75) is 73.1 Å². The van der Waals surface area contributed by atoms with Gasteiger partial charge in [0.25, 0.3) is 0 Å². The van der Waals surface area contributed by atoms with Crippen molar-refractivity contribution < 1.29 is 0 Å². The summed E-state index contributed by atoms with van der Waals surface area (Å²) >= 11 is 0. The van der Waals surface area contributed by atoms with E-state index in [0.717, 1.165) is 0 Å². The number of rotatable bonds is 2. The van der Waals surface area contributed by atoms with Gasteiger partial charge in [-0.25, -0.2) is 0 Å². The summed E-state index contributed by atoms with van der Waals surface area (Å²) < 4.78 is 0. The number of hydrogen-bond donors (Lipinski definition) is 0. The van der Waals surface area contributed by atoms with Gasteiger partial charge in [0.15, 0.2) is 0 Å². The molecule has 0 aromatic heterocycles. The Morgan fingerprint density at radius 3 is 0.979 bits per heavy atom. The topological polar surface area (TPSA) is 0 Å². The minimum absolute atomic E-state index is 0.0747. The molecule has 0 aliphatic heterocycles. The van der Waals surface area contributed by atoms with E-state index in [1.54, 1.807) is 0 Å². The molecule has 2 aliphatic carbocycles. The van der Waals surface area contributed by atoms with Gasteiger partial charge in [0.05, 0.1) is 0 Å². The number of benzene rings is 6. The highest BCUT2D eigenvalue weighted by atomic mass is 14.4. The largest absolute Gasteiger partial charge is 0.0617 e. The molecule has 0 amide bonds. The van der Waals surface area contributed by atoms with Crippen molar-refractivity contribution in [3.8, 4) is 22.3 Å². The minimum Gasteiger partial charge on any atom is -0.0617 e. The lowest BCUT2D eigenvalue weighted by atomic mass is 9.73. The molecule has 0 fully saturated rings. The van der Waals surface area contributed by atoms with Gasteiger partial charge in [0.1, 0.15) is 0 Å². The van der Waals surface area contributed by atoms with E-state index in [1.165, 1.54) is 94.6 Å². The quantitative estimate of drug-likeness (QED) is 0.183. The Hall–Kier alpha value is -4.68. The predicted octanol–water partition coefficient (Wildman–Crippen LogP) is 12.2. The molecular weight excluding hydrogens is 565 g/mol. The second kappa shape index (κ2) is 11.2. The molecule has 0 N–H and O–H groups in total. The van der Waals surface area contributed by atoms with Crippen molar-refractivity contribution in [3.05, 3.63) is 188 Å². The lowest BCUT2D eigenvalue weighted by Gasteiger charge is -2.29. The molecule has 234 valence electrons. The van der Waals surface area contributed by atoms with Gasteiger partial charge in [-0.3, -0.25) is 0 Å². The average Bonchev–Trinajstić information content (AvgIpc) is 3.42. The number of hydrogen-bond acceptors (Lipinski definition) is 0. The molecule has 47 heavy (non-hydrogen) atoms. The molecule has 0 saturated heterocycles. The molecule has 0 saturated carbocycles. The van der Waals surface area contributed by atoms with Crippen molar-refractivity contribution in [2.24, 2.45) is 0 Å². The first-order valence-corrected chi connectivity index (χ1v) is 17.0. The second-order valence-electron chi connectivity index (χ2n) is 14.7. The Kier molecular flexibility index (Phi) is 7.40. The van der Waals surface area contributed by atoms with Crippen molar-refractivity contribution in [1.82, 2.24) is 0 Å². The molecule has 0 spiro atoms. The van der Waals surface area contributed by atoms with Crippen LogP contribution in [0.4, 0.5) is 0 Å². The van der Waals surface area contributed by atoms with E-state index in [1.807, 2.05) is 0 Å². The van der Waals surface area contributed by atoms with Crippen molar-refractivity contribution in [3.63, 3.8) is 0 Å². The normalized spacial score (nSPS) is 14.4. The van der Waals surface area contributed by atoms with E-state index in [0.29, 0.717) is 0 Å². The highest BCUT2D eigenvalue weighted by molar-refractivity contribution is 5.85. The summed E-state index contributed by atoms with van der Waals surface area (Å²) in [7, 11) is 0. The summed E-state index contributed by atoms with van der Waals surface area (Å²) in [6.45, 7) is 20.1. The first-order valence-electron chi connectivity index (χ1n) is 17.0. The van der Waals surface area contributed by atoms with Gasteiger partial charge in [-0.2, -0.15) is 0 Å². The Labute approximate surface area is 282 Å². The van der Waals surface area contributed by atoms with E-state index < -0.39 is 0 Å². The number of aryl methyl sites for hydroxylation is 7. The first kappa shape index (κ1) is 30.9. The van der Waals surface area contributed by atoms with Crippen LogP contribution in [0.15, 0.2) is 115 Å². The van der Waals surface area contributed by atoms with E-state index in [2.05, 4.69) is 178 Å². The van der Waals surface area contributed by atoms with Crippen molar-refractivity contribution in [1.29, 1.82) is 0 Å². The summed E-state index contributed by atoms with van der Waals surface area (Å²) in [5.74, 6) is 0. The van der Waals surface area contributed by atoms with Crippen LogP contribution in [0.25, 0.3) is 22.3 Å². The van der Waals surface area contributed by atoms with Gasteiger partial charge >= 0.3 is 0 Å². The maximum atomic E-state index is 2.39. The Balaban J connectivity index is 0.000000150. The van der Waals surface area contributed by atoms with E-state index in [4.69, 9.17) is 0 Å². The van der Waals surface area contributed by atoms with Crippen molar-refractivity contribution >= 4 is 0 Å². The zero-order chi connectivity index (χ0) is 33.2. The maximum absolute atomic E-state index is 2.39. The van der Waals surface area contributed by atoms with Gasteiger partial charge < -0.3 is 0 Å². The predicted molar refractivity (Wildman–Crippen MR) is 201 cm³/mol. The third-order valence-corrected chi connectivity index (χ3v) is 10.8. The summed E-state index contributed by atoms with van der Waals surface area (Å²) in [6.07, 6.45) is 0. The molecule has 0 heteroatoms. The van der Waals surface area contributed by atoms with Crippen LogP contribution in [0.5, 0.6) is 0 Å². The molecule has 0 nitrogen and oxygen atoms in total. The van der Waals surface area contributed by atoms with E-state index in [-0.39, 0.29) is 10.8 Å². The summed E-state index contributed by atoms with van der Waals surface area (Å²) in [6, 6.07) is 43.5. The highest BCUT2D eigenvalue weighted by Gasteiger charge is 2.42. The molecule has 8 rings (SSSR count). The molecular formula is C47H46. The van der Waals surface area contributed by atoms with Crippen LogP contribution < -0.4 is 0 Å². The summed E-state index contributed by atoms with van der Waals surface area (Å²) in [4.78, 5) is 0. The SMILES string of the molecule is Cc1cc(C)cc(C2(C)c3cc(C)ccc3-c3ccc(C)cc32)c1.Cc1cccc(C2(C)c3cc(C)ccc3-c3ccc(C)cc32)c1. The van der Waals surface area contributed by atoms with Gasteiger partial charge in [-0.1, -0.05) is 154 Å². The van der Waals surface area contributed by atoms with Crippen LogP contribution in [0.3, 0.4) is 0 Å². The molecule has 0 heterocycles. The maximum Gasteiger partial charge on any atom is 0.0435 e. The van der Waals surface area contributed by atoms with Crippen LogP contribution >= 0.6 is 0 Å². The fourth-order valence-corrected chi connectivity index (χ4v) is 8.36. The van der Waals surface area contributed by atoms with Crippen LogP contribution in [-0.2, 0) is 10.8 Å². The first-order chi connectivity index (χ1) is 22.4. The Bertz CT molecular complexity index is 2070. The Morgan fingerprint density at radius 1 is 0.298 bits per heavy atom. The highest BCUT2D eigenvalue weighted by Crippen LogP contribution is 2.54. The molecule has 6 aromatic rings. The molecule has 2 aliphatic rings. The minimum atomic E-state index is -0.0838. The third kappa shape index (κ3) is 4.97. The fourth-order valence-electron chi connectivity index (χ4n) is 8.36. The zero-order valence-corrected chi connectivity index (χ0v) is 29.5. The van der Waals surface area contributed by atoms with E-state index >= 15 is 0 Å². The zero-order valence-electron chi connectivity index (χ0n) is 29.5. The van der Waals surface area contributed by atoms with Crippen LogP contribution in [0.2, 0.25) is 0 Å². The van der Waals surface area contributed by atoms with Gasteiger partial charge in [0, 0.05) is 10.8 Å². The van der Waals surface area contributed by atoms with Gasteiger partial charge in [-0.15, -0.1) is 0 Å². The number of fused-ring (bicyclic) bond motifs is 6. The molecule has 0 radical (unpaired) electrons. The smallest absolute Gasteiger partial charge is 0.0435 e. The molecule has 0 bridgehead atoms. The third-order valence-electron chi connectivity index (χ3n) is 10.8. The monoisotopic (exact) mass is 610 g/mol. The Morgan fingerprint density at radius 2 is 0.617 bits per heavy atom. The van der Waals surface area contributed by atoms with Crippen LogP contribution in [-0.4, -0.2) is 0 Å².